The number of pyridine rings is 1. The molecule has 212 valence electrons. The molecule has 0 spiro atoms. The van der Waals surface area contributed by atoms with Crippen LogP contribution in [0.4, 0.5) is 11.4 Å². The van der Waals surface area contributed by atoms with Crippen molar-refractivity contribution in [3.63, 3.8) is 0 Å². The summed E-state index contributed by atoms with van der Waals surface area (Å²) in [6, 6.07) is 11.5. The number of carbonyl (C=O) groups is 3. The van der Waals surface area contributed by atoms with Gasteiger partial charge in [0.15, 0.2) is 9.84 Å². The molecule has 0 bridgehead atoms. The molecule has 10 nitrogen and oxygen atoms in total. The van der Waals surface area contributed by atoms with Crippen LogP contribution >= 0.6 is 11.6 Å². The van der Waals surface area contributed by atoms with Gasteiger partial charge in [-0.05, 0) is 57.1 Å². The second-order valence-corrected chi connectivity index (χ2v) is 12.5. The monoisotopic (exact) mass is 585 g/mol. The first-order chi connectivity index (χ1) is 18.8. The van der Waals surface area contributed by atoms with Crippen LogP contribution in [0.2, 0.25) is 5.15 Å². The number of halogens is 1. The lowest BCUT2D eigenvalue weighted by Crippen LogP contribution is -2.60. The van der Waals surface area contributed by atoms with E-state index in [0.29, 0.717) is 27.6 Å². The smallest absolute Gasteiger partial charge is 0.252 e. The van der Waals surface area contributed by atoms with Crippen molar-refractivity contribution in [3.05, 3.63) is 64.8 Å². The Morgan fingerprint density at radius 1 is 1.10 bits per heavy atom. The first kappa shape index (κ1) is 29.4. The molecule has 1 aromatic heterocycles. The Morgan fingerprint density at radius 2 is 1.73 bits per heavy atom. The molecule has 3 aromatic rings. The van der Waals surface area contributed by atoms with E-state index in [-0.39, 0.29) is 6.54 Å². The number of amides is 3. The fourth-order valence-corrected chi connectivity index (χ4v) is 5.66. The Kier molecular flexibility index (Phi) is 8.48. The standard InChI is InChI=1S/C28H32ClN5O5S/c1-16-20(19-10-6-7-11-21(19)31-26(16)29)14-33-22-12-8-9-13-23(22)34(24(35)15-40(5,38)39)18(3)25(28(33)37)32-27(36)17(2)30-4/h6-13,17-18,25,30H,14-15H2,1-5H3,(H,32,36)/t17?,18-,25-/m0/s1. The molecule has 40 heavy (non-hydrogen) atoms. The molecular formula is C28H32ClN5O5S. The van der Waals surface area contributed by atoms with Gasteiger partial charge in [-0.25, -0.2) is 13.4 Å². The van der Waals surface area contributed by atoms with Crippen LogP contribution in [0.25, 0.3) is 10.9 Å². The van der Waals surface area contributed by atoms with Crippen molar-refractivity contribution in [1.82, 2.24) is 15.6 Å². The predicted molar refractivity (Wildman–Crippen MR) is 156 cm³/mol. The first-order valence-corrected chi connectivity index (χ1v) is 15.2. The molecule has 3 amide bonds. The second kappa shape index (κ2) is 11.5. The third-order valence-corrected chi connectivity index (χ3v) is 8.30. The van der Waals surface area contributed by atoms with Crippen LogP contribution in [0.1, 0.15) is 25.0 Å². The summed E-state index contributed by atoms with van der Waals surface area (Å²) in [5, 5.41) is 6.75. The number of likely N-dealkylation sites (N-methyl/N-ethyl adjacent to an activating group) is 1. The van der Waals surface area contributed by atoms with Gasteiger partial charge in [-0.1, -0.05) is 41.9 Å². The van der Waals surface area contributed by atoms with E-state index in [9.17, 15) is 22.8 Å². The van der Waals surface area contributed by atoms with Gasteiger partial charge in [0.2, 0.25) is 11.8 Å². The number of hydrogen-bond acceptors (Lipinski definition) is 7. The number of hydrogen-bond donors (Lipinski definition) is 2. The number of aromatic nitrogens is 1. The van der Waals surface area contributed by atoms with Gasteiger partial charge in [0.1, 0.15) is 16.9 Å². The topological polar surface area (TPSA) is 129 Å². The zero-order chi connectivity index (χ0) is 29.4. The molecule has 2 heterocycles. The van der Waals surface area contributed by atoms with Crippen LogP contribution < -0.4 is 20.4 Å². The summed E-state index contributed by atoms with van der Waals surface area (Å²) in [5.74, 6) is -2.35. The average molecular weight is 586 g/mol. The molecule has 0 fully saturated rings. The number of para-hydroxylation sites is 3. The van der Waals surface area contributed by atoms with Gasteiger partial charge in [0.05, 0.1) is 35.5 Å². The summed E-state index contributed by atoms with van der Waals surface area (Å²) in [6.45, 7) is 5.16. The fraction of sp³-hybridized carbons (Fsp3) is 0.357. The molecule has 0 aliphatic carbocycles. The molecule has 1 aliphatic rings. The quantitative estimate of drug-likeness (QED) is 0.408. The average Bonchev–Trinajstić information content (AvgIpc) is 2.98. The van der Waals surface area contributed by atoms with Crippen LogP contribution in [0.15, 0.2) is 48.5 Å². The van der Waals surface area contributed by atoms with Crippen molar-refractivity contribution < 1.29 is 22.8 Å². The van der Waals surface area contributed by atoms with Crippen LogP contribution in [-0.4, -0.2) is 68.3 Å². The molecular weight excluding hydrogens is 554 g/mol. The molecule has 2 N–H and O–H groups in total. The lowest BCUT2D eigenvalue weighted by Gasteiger charge is -2.32. The zero-order valence-corrected chi connectivity index (χ0v) is 24.5. The summed E-state index contributed by atoms with van der Waals surface area (Å²) in [5.41, 5.74) is 2.87. The third-order valence-electron chi connectivity index (χ3n) is 7.16. The van der Waals surface area contributed by atoms with Crippen LogP contribution in [0.5, 0.6) is 0 Å². The highest BCUT2D eigenvalue weighted by atomic mass is 35.5. The first-order valence-electron chi connectivity index (χ1n) is 12.8. The Bertz CT molecular complexity index is 1600. The fourth-order valence-electron chi connectivity index (χ4n) is 4.87. The summed E-state index contributed by atoms with van der Waals surface area (Å²) in [6.07, 6.45) is 0.978. The molecule has 0 saturated heterocycles. The highest BCUT2D eigenvalue weighted by Gasteiger charge is 2.43. The van der Waals surface area contributed by atoms with Gasteiger partial charge in [-0.3, -0.25) is 14.4 Å². The van der Waals surface area contributed by atoms with E-state index < -0.39 is 51.4 Å². The zero-order valence-electron chi connectivity index (χ0n) is 22.9. The maximum atomic E-state index is 14.3. The molecule has 2 aromatic carbocycles. The van der Waals surface area contributed by atoms with Gasteiger partial charge < -0.3 is 20.4 Å². The predicted octanol–water partition coefficient (Wildman–Crippen LogP) is 2.60. The minimum Gasteiger partial charge on any atom is -0.341 e. The molecule has 12 heteroatoms. The minimum atomic E-state index is -3.69. The largest absolute Gasteiger partial charge is 0.341 e. The van der Waals surface area contributed by atoms with Gasteiger partial charge in [-0.15, -0.1) is 0 Å². The number of rotatable bonds is 7. The van der Waals surface area contributed by atoms with E-state index in [1.165, 1.54) is 9.80 Å². The molecule has 1 unspecified atom stereocenters. The van der Waals surface area contributed by atoms with E-state index in [4.69, 9.17) is 11.6 Å². The Labute approximate surface area is 238 Å². The van der Waals surface area contributed by atoms with E-state index in [1.54, 1.807) is 45.2 Å². The number of nitrogens with one attached hydrogen (secondary N) is 2. The van der Waals surface area contributed by atoms with Crippen molar-refractivity contribution in [3.8, 4) is 0 Å². The van der Waals surface area contributed by atoms with Crippen molar-refractivity contribution >= 4 is 61.4 Å². The van der Waals surface area contributed by atoms with Gasteiger partial charge in [-0.2, -0.15) is 0 Å². The summed E-state index contributed by atoms with van der Waals surface area (Å²) >= 11 is 6.49. The number of fused-ring (bicyclic) bond motifs is 2. The highest BCUT2D eigenvalue weighted by Crippen LogP contribution is 2.38. The van der Waals surface area contributed by atoms with Crippen LogP contribution in [-0.2, 0) is 30.8 Å². The third kappa shape index (κ3) is 5.81. The molecule has 0 radical (unpaired) electrons. The van der Waals surface area contributed by atoms with Crippen molar-refractivity contribution in [2.75, 3.05) is 28.9 Å². The van der Waals surface area contributed by atoms with E-state index in [2.05, 4.69) is 15.6 Å². The lowest BCUT2D eigenvalue weighted by molar-refractivity contribution is -0.129. The minimum absolute atomic E-state index is 0.0687. The van der Waals surface area contributed by atoms with Crippen LogP contribution in [0.3, 0.4) is 0 Å². The van der Waals surface area contributed by atoms with E-state index in [1.807, 2.05) is 31.2 Å². The molecule has 0 saturated carbocycles. The van der Waals surface area contributed by atoms with E-state index in [0.717, 1.165) is 17.2 Å². The second-order valence-electron chi connectivity index (χ2n) is 10.0. The maximum Gasteiger partial charge on any atom is 0.252 e. The van der Waals surface area contributed by atoms with Gasteiger partial charge in [0, 0.05) is 11.6 Å². The van der Waals surface area contributed by atoms with Crippen molar-refractivity contribution in [1.29, 1.82) is 0 Å². The molecule has 4 rings (SSSR count). The number of carbonyl (C=O) groups excluding carboxylic acids is 3. The number of anilines is 2. The lowest BCUT2D eigenvalue weighted by atomic mass is 10.0. The number of sulfone groups is 1. The summed E-state index contributed by atoms with van der Waals surface area (Å²) in [4.78, 5) is 48.1. The highest BCUT2D eigenvalue weighted by molar-refractivity contribution is 7.91. The van der Waals surface area contributed by atoms with Gasteiger partial charge >= 0.3 is 0 Å². The Hall–Kier alpha value is -3.54. The summed E-state index contributed by atoms with van der Waals surface area (Å²) in [7, 11) is -2.07. The summed E-state index contributed by atoms with van der Waals surface area (Å²) < 4.78 is 24.2. The maximum absolute atomic E-state index is 14.3. The Morgan fingerprint density at radius 3 is 2.38 bits per heavy atom. The number of benzene rings is 2. The van der Waals surface area contributed by atoms with Crippen LogP contribution in [0, 0.1) is 6.92 Å². The SMILES string of the molecule is CNC(C)C(=O)N[C@@H]1C(=O)N(Cc2c(C)c(Cl)nc3ccccc23)c2ccccc2N(C(=O)CS(C)(=O)=O)[C@H]1C. The Balaban J connectivity index is 1.92. The molecule has 1 aliphatic heterocycles. The number of nitrogens with zero attached hydrogens (tertiary/aromatic N) is 3. The van der Waals surface area contributed by atoms with Gasteiger partial charge in [0.25, 0.3) is 5.91 Å². The molecule has 3 atom stereocenters. The van der Waals surface area contributed by atoms with E-state index >= 15 is 0 Å². The van der Waals surface area contributed by atoms with Crippen molar-refractivity contribution in [2.24, 2.45) is 0 Å². The normalized spacial score (nSPS) is 18.3. The van der Waals surface area contributed by atoms with Crippen molar-refractivity contribution in [2.45, 2.75) is 45.4 Å².